The van der Waals surface area contributed by atoms with Gasteiger partial charge < -0.3 is 10.2 Å². The molecule has 1 unspecified atom stereocenters. The quantitative estimate of drug-likeness (QED) is 0.241. The van der Waals surface area contributed by atoms with Crippen LogP contribution in [-0.2, 0) is 0 Å². The smallest absolute Gasteiger partial charge is 0.0944 e. The van der Waals surface area contributed by atoms with Crippen LogP contribution in [0.3, 0.4) is 0 Å². The first kappa shape index (κ1) is 38.6. The molecule has 1 saturated heterocycles. The Morgan fingerprint density at radius 3 is 1.60 bits per heavy atom. The Kier molecular flexibility index (Phi) is 32.3. The van der Waals surface area contributed by atoms with Crippen molar-refractivity contribution in [2.45, 2.75) is 171 Å². The lowest BCUT2D eigenvalue weighted by Gasteiger charge is -2.29. The first-order chi connectivity index (χ1) is 16.9. The van der Waals surface area contributed by atoms with Crippen LogP contribution in [0.4, 0.5) is 0 Å². The maximum absolute atomic E-state index is 4.31. The molecule has 1 atom stereocenters. The highest BCUT2D eigenvalue weighted by molar-refractivity contribution is 5.10. The minimum Gasteiger partial charge on any atom is -0.365 e. The summed E-state index contributed by atoms with van der Waals surface area (Å²) in [6, 6.07) is 0. The molecule has 0 bridgehead atoms. The van der Waals surface area contributed by atoms with Crippen LogP contribution in [0, 0.1) is 5.92 Å². The molecule has 2 fully saturated rings. The van der Waals surface area contributed by atoms with E-state index in [9.17, 15) is 0 Å². The van der Waals surface area contributed by atoms with Crippen molar-refractivity contribution in [1.29, 1.82) is 0 Å². The van der Waals surface area contributed by atoms with Crippen LogP contribution in [0.15, 0.2) is 25.1 Å². The monoisotopic (exact) mass is 495 g/mol. The Morgan fingerprint density at radius 2 is 1.29 bits per heavy atom. The fourth-order valence-electron chi connectivity index (χ4n) is 4.19. The molecule has 0 aromatic carbocycles. The van der Waals surface area contributed by atoms with Crippen molar-refractivity contribution in [3.8, 4) is 0 Å². The van der Waals surface area contributed by atoms with E-state index in [1.807, 2.05) is 20.8 Å². The minimum atomic E-state index is 0.301. The number of nitrogens with one attached hydrogen (secondary N) is 1. The molecule has 1 N–H and O–H groups in total. The zero-order valence-corrected chi connectivity index (χ0v) is 26.2. The third-order valence-electron chi connectivity index (χ3n) is 6.44. The van der Waals surface area contributed by atoms with Gasteiger partial charge in [-0.15, -0.1) is 6.58 Å². The lowest BCUT2D eigenvalue weighted by atomic mass is 9.87. The SMILES string of the molecule is C1CC1.C=C1NC(CCCC)(CCCC)CN1CCC(CC)CCC.C=CC.CC.CCCCC. The Bertz CT molecular complexity index is 414. The van der Waals surface area contributed by atoms with Crippen LogP contribution in [0.1, 0.15) is 165 Å². The molecule has 0 aromatic heterocycles. The molecule has 0 aromatic rings. The zero-order chi connectivity index (χ0) is 27.4. The number of hydrogen-bond donors (Lipinski definition) is 1. The lowest BCUT2D eigenvalue weighted by Crippen LogP contribution is -2.42. The summed E-state index contributed by atoms with van der Waals surface area (Å²) in [5.41, 5.74) is 0.301. The van der Waals surface area contributed by atoms with Gasteiger partial charge >= 0.3 is 0 Å². The van der Waals surface area contributed by atoms with Crippen molar-refractivity contribution in [2.75, 3.05) is 13.1 Å². The summed E-state index contributed by atoms with van der Waals surface area (Å²) in [5.74, 6) is 2.07. The van der Waals surface area contributed by atoms with Gasteiger partial charge in [-0.1, -0.05) is 152 Å². The van der Waals surface area contributed by atoms with Crippen molar-refractivity contribution in [3.05, 3.63) is 25.1 Å². The van der Waals surface area contributed by atoms with Crippen LogP contribution in [0.25, 0.3) is 0 Å². The van der Waals surface area contributed by atoms with Crippen molar-refractivity contribution in [2.24, 2.45) is 5.92 Å². The fraction of sp³-hybridized carbons (Fsp3) is 0.879. The molecule has 2 nitrogen and oxygen atoms in total. The second-order valence-corrected chi connectivity index (χ2v) is 10.2. The van der Waals surface area contributed by atoms with Gasteiger partial charge in [-0.2, -0.15) is 0 Å². The summed E-state index contributed by atoms with van der Waals surface area (Å²) < 4.78 is 0. The average Bonchev–Trinajstić information content (AvgIpc) is 3.72. The highest BCUT2D eigenvalue weighted by Crippen LogP contribution is 2.31. The van der Waals surface area contributed by atoms with E-state index in [0.29, 0.717) is 5.54 Å². The molecule has 2 rings (SSSR count). The largest absolute Gasteiger partial charge is 0.365 e. The number of allylic oxidation sites excluding steroid dienone is 1. The Labute approximate surface area is 224 Å². The molecular formula is C33H70N2. The average molecular weight is 495 g/mol. The molecule has 2 heteroatoms. The number of unbranched alkanes of at least 4 members (excludes halogenated alkanes) is 4. The minimum absolute atomic E-state index is 0.301. The third-order valence-corrected chi connectivity index (χ3v) is 6.44. The molecule has 1 heterocycles. The topological polar surface area (TPSA) is 15.3 Å². The first-order valence-corrected chi connectivity index (χ1v) is 15.7. The van der Waals surface area contributed by atoms with Gasteiger partial charge in [-0.05, 0) is 32.1 Å². The Morgan fingerprint density at radius 1 is 0.829 bits per heavy atom. The number of rotatable bonds is 14. The molecule has 1 aliphatic carbocycles. The second-order valence-electron chi connectivity index (χ2n) is 10.2. The van der Waals surface area contributed by atoms with Crippen molar-refractivity contribution in [1.82, 2.24) is 10.2 Å². The van der Waals surface area contributed by atoms with Gasteiger partial charge in [0.25, 0.3) is 0 Å². The van der Waals surface area contributed by atoms with E-state index in [2.05, 4.69) is 64.9 Å². The van der Waals surface area contributed by atoms with E-state index in [-0.39, 0.29) is 0 Å². The summed E-state index contributed by atoms with van der Waals surface area (Å²) in [7, 11) is 0. The van der Waals surface area contributed by atoms with Gasteiger partial charge in [0.1, 0.15) is 0 Å². The van der Waals surface area contributed by atoms with Crippen molar-refractivity contribution < 1.29 is 0 Å². The molecule has 212 valence electrons. The lowest BCUT2D eigenvalue weighted by molar-refractivity contribution is 0.268. The van der Waals surface area contributed by atoms with Crippen LogP contribution in [-0.4, -0.2) is 23.5 Å². The first-order valence-electron chi connectivity index (χ1n) is 15.7. The summed E-state index contributed by atoms with van der Waals surface area (Å²) in [6.45, 7) is 29.6. The van der Waals surface area contributed by atoms with Crippen molar-refractivity contribution >= 4 is 0 Å². The molecular weight excluding hydrogens is 424 g/mol. The maximum atomic E-state index is 4.31. The molecule has 1 aliphatic heterocycles. The standard InChI is InChI=1S/C20H40N2.C5H12.2C3H6.C2H6/c1-6-10-14-20(15-11-7-2)17-22(18(5)21-20)16-13-19(9-4)12-8-3;1-3-5-4-2;1-2-3-1;1-3-2;1-2/h19,21H,5-17H2,1-4H3;3-5H2,1-2H3;1-3H2;3H,1H2,2H3;1-2H3. The van der Waals surface area contributed by atoms with Crippen molar-refractivity contribution in [3.63, 3.8) is 0 Å². The van der Waals surface area contributed by atoms with Crippen LogP contribution in [0.2, 0.25) is 0 Å². The summed E-state index contributed by atoms with van der Waals surface area (Å²) in [5, 5.41) is 3.79. The third kappa shape index (κ3) is 24.5. The zero-order valence-electron chi connectivity index (χ0n) is 26.2. The number of hydrogen-bond acceptors (Lipinski definition) is 2. The van der Waals surface area contributed by atoms with E-state index < -0.39 is 0 Å². The van der Waals surface area contributed by atoms with E-state index in [1.165, 1.54) is 122 Å². The van der Waals surface area contributed by atoms with E-state index >= 15 is 0 Å². The van der Waals surface area contributed by atoms with E-state index in [1.54, 1.807) is 6.08 Å². The van der Waals surface area contributed by atoms with E-state index in [4.69, 9.17) is 0 Å². The predicted octanol–water partition coefficient (Wildman–Crippen LogP) is 11.3. The van der Waals surface area contributed by atoms with Gasteiger partial charge in [0.05, 0.1) is 11.4 Å². The van der Waals surface area contributed by atoms with Crippen LogP contribution < -0.4 is 5.32 Å². The highest BCUT2D eigenvalue weighted by atomic mass is 15.3. The Balaban J connectivity index is -0.000000644. The summed E-state index contributed by atoms with van der Waals surface area (Å²) >= 11 is 0. The fourth-order valence-corrected chi connectivity index (χ4v) is 4.19. The molecule has 0 radical (unpaired) electrons. The molecule has 35 heavy (non-hydrogen) atoms. The number of nitrogens with zero attached hydrogens (tertiary/aromatic N) is 1. The van der Waals surface area contributed by atoms with Crippen LogP contribution >= 0.6 is 0 Å². The highest BCUT2D eigenvalue weighted by Gasteiger charge is 2.38. The summed E-state index contributed by atoms with van der Waals surface area (Å²) in [4.78, 5) is 2.53. The maximum Gasteiger partial charge on any atom is 0.0944 e. The Hall–Kier alpha value is -0.920. The molecule has 0 amide bonds. The predicted molar refractivity (Wildman–Crippen MR) is 165 cm³/mol. The molecule has 2 aliphatic rings. The van der Waals surface area contributed by atoms with Gasteiger partial charge in [-0.3, -0.25) is 0 Å². The molecule has 0 spiro atoms. The van der Waals surface area contributed by atoms with Gasteiger partial charge in [0.15, 0.2) is 0 Å². The summed E-state index contributed by atoms with van der Waals surface area (Å²) in [6.07, 6.45) is 23.5. The van der Waals surface area contributed by atoms with Gasteiger partial charge in [0, 0.05) is 13.1 Å². The normalized spacial score (nSPS) is 15.5. The van der Waals surface area contributed by atoms with Gasteiger partial charge in [0.2, 0.25) is 0 Å². The van der Waals surface area contributed by atoms with E-state index in [0.717, 1.165) is 5.92 Å². The van der Waals surface area contributed by atoms with Gasteiger partial charge in [-0.25, -0.2) is 0 Å². The molecule has 1 saturated carbocycles. The second kappa shape index (κ2) is 29.3. The van der Waals surface area contributed by atoms with Crippen LogP contribution in [0.5, 0.6) is 0 Å².